The van der Waals surface area contributed by atoms with Crippen LogP contribution in [0.1, 0.15) is 28.4 Å². The average molecular weight is 408 g/mol. The molecule has 0 bridgehead atoms. The van der Waals surface area contributed by atoms with E-state index in [2.05, 4.69) is 26.0 Å². The van der Waals surface area contributed by atoms with Crippen LogP contribution in [0.4, 0.5) is 5.69 Å². The molecule has 0 saturated heterocycles. The average Bonchev–Trinajstić information content (AvgIpc) is 3.12. The topological polar surface area (TPSA) is 101 Å². The van der Waals surface area contributed by atoms with Gasteiger partial charge in [0.2, 0.25) is 5.91 Å². The molecule has 3 rings (SSSR count). The molecule has 2 N–H and O–H groups in total. The van der Waals surface area contributed by atoms with Crippen molar-refractivity contribution in [2.24, 2.45) is 12.1 Å². The van der Waals surface area contributed by atoms with Gasteiger partial charge in [0.05, 0.1) is 6.21 Å². The number of hydrogen-bond acceptors (Lipinski definition) is 6. The Morgan fingerprint density at radius 2 is 1.86 bits per heavy atom. The minimum absolute atomic E-state index is 0.128. The first kappa shape index (κ1) is 20.3. The van der Waals surface area contributed by atoms with E-state index < -0.39 is 0 Å². The Hall–Kier alpha value is -3.46. The molecule has 29 heavy (non-hydrogen) atoms. The molecule has 148 valence electrons. The second kappa shape index (κ2) is 9.65. The molecular weight excluding hydrogens is 388 g/mol. The van der Waals surface area contributed by atoms with Crippen molar-refractivity contribution in [3.05, 3.63) is 71.5 Å². The Morgan fingerprint density at radius 1 is 1.14 bits per heavy atom. The van der Waals surface area contributed by atoms with Gasteiger partial charge in [0, 0.05) is 31.0 Å². The summed E-state index contributed by atoms with van der Waals surface area (Å²) in [6.45, 7) is 1.45. The number of nitrogens with one attached hydrogen (secondary N) is 2. The fraction of sp³-hybridized carbons (Fsp3) is 0.150. The third kappa shape index (κ3) is 6.01. The highest BCUT2D eigenvalue weighted by Crippen LogP contribution is 2.20. The van der Waals surface area contributed by atoms with Crippen LogP contribution >= 0.6 is 11.8 Å². The Kier molecular flexibility index (Phi) is 6.75. The van der Waals surface area contributed by atoms with Gasteiger partial charge >= 0.3 is 0 Å². The predicted molar refractivity (Wildman–Crippen MR) is 113 cm³/mol. The number of thioether (sulfide) groups is 1. The Labute approximate surface area is 172 Å². The van der Waals surface area contributed by atoms with Crippen LogP contribution in [0.3, 0.4) is 0 Å². The van der Waals surface area contributed by atoms with Crippen molar-refractivity contribution < 1.29 is 9.59 Å². The van der Waals surface area contributed by atoms with Gasteiger partial charge in [-0.1, -0.05) is 36.0 Å². The van der Waals surface area contributed by atoms with E-state index in [4.69, 9.17) is 0 Å². The third-order valence-corrected chi connectivity index (χ3v) is 4.97. The summed E-state index contributed by atoms with van der Waals surface area (Å²) in [6.07, 6.45) is 3.20. The number of rotatable bonds is 7. The summed E-state index contributed by atoms with van der Waals surface area (Å²) in [5.74, 6) is 0.321. The van der Waals surface area contributed by atoms with Gasteiger partial charge in [0.15, 0.2) is 5.16 Å². The standard InChI is InChI=1S/C20H20N6O2S/c1-14(27)23-18-9-5-15(6-10-18)11-21-24-19(28)17-7-3-16(4-8-17)12-29-20-25-22-13-26(20)2/h3-11,13H,12H2,1-2H3,(H,23,27)(H,24,28)/b21-11+. The molecule has 0 unspecified atom stereocenters. The maximum Gasteiger partial charge on any atom is 0.271 e. The first-order chi connectivity index (χ1) is 14.0. The summed E-state index contributed by atoms with van der Waals surface area (Å²) in [5, 5.41) is 15.4. The van der Waals surface area contributed by atoms with Crippen molar-refractivity contribution in [3.8, 4) is 0 Å². The summed E-state index contributed by atoms with van der Waals surface area (Å²) >= 11 is 1.58. The van der Waals surface area contributed by atoms with Gasteiger partial charge < -0.3 is 9.88 Å². The third-order valence-electron chi connectivity index (χ3n) is 3.86. The zero-order chi connectivity index (χ0) is 20.6. The summed E-state index contributed by atoms with van der Waals surface area (Å²) in [4.78, 5) is 23.2. The highest BCUT2D eigenvalue weighted by Gasteiger charge is 2.06. The van der Waals surface area contributed by atoms with Crippen molar-refractivity contribution >= 4 is 35.5 Å². The minimum atomic E-state index is -0.288. The van der Waals surface area contributed by atoms with Crippen LogP contribution in [0.5, 0.6) is 0 Å². The van der Waals surface area contributed by atoms with Crippen molar-refractivity contribution in [1.29, 1.82) is 0 Å². The van der Waals surface area contributed by atoms with Gasteiger partial charge in [0.1, 0.15) is 6.33 Å². The van der Waals surface area contributed by atoms with Crippen molar-refractivity contribution in [3.63, 3.8) is 0 Å². The lowest BCUT2D eigenvalue weighted by molar-refractivity contribution is -0.114. The van der Waals surface area contributed by atoms with Gasteiger partial charge in [0.25, 0.3) is 5.91 Å². The van der Waals surface area contributed by atoms with Crippen molar-refractivity contribution in [2.75, 3.05) is 5.32 Å². The van der Waals surface area contributed by atoms with Gasteiger partial charge in [-0.2, -0.15) is 5.10 Å². The highest BCUT2D eigenvalue weighted by molar-refractivity contribution is 7.98. The van der Waals surface area contributed by atoms with E-state index in [0.717, 1.165) is 22.0 Å². The number of carbonyl (C=O) groups is 2. The Balaban J connectivity index is 1.50. The summed E-state index contributed by atoms with van der Waals surface area (Å²) in [6, 6.07) is 14.5. The maximum absolute atomic E-state index is 12.2. The van der Waals surface area contributed by atoms with Gasteiger partial charge in [-0.25, -0.2) is 5.43 Å². The molecule has 0 aliphatic heterocycles. The molecular formula is C20H20N6O2S. The molecule has 0 spiro atoms. The molecule has 9 heteroatoms. The fourth-order valence-corrected chi connectivity index (χ4v) is 3.23. The van der Waals surface area contributed by atoms with E-state index in [1.807, 2.05) is 23.7 Å². The number of aryl methyl sites for hydroxylation is 1. The molecule has 0 saturated carbocycles. The van der Waals surface area contributed by atoms with E-state index >= 15 is 0 Å². The fourth-order valence-electron chi connectivity index (χ4n) is 2.39. The van der Waals surface area contributed by atoms with E-state index in [1.165, 1.54) is 6.92 Å². The smallest absolute Gasteiger partial charge is 0.271 e. The van der Waals surface area contributed by atoms with Crippen LogP contribution in [-0.2, 0) is 17.6 Å². The lowest BCUT2D eigenvalue weighted by atomic mass is 10.1. The van der Waals surface area contributed by atoms with Crippen molar-refractivity contribution in [1.82, 2.24) is 20.2 Å². The normalized spacial score (nSPS) is 10.8. The van der Waals surface area contributed by atoms with E-state index in [9.17, 15) is 9.59 Å². The second-order valence-electron chi connectivity index (χ2n) is 6.21. The van der Waals surface area contributed by atoms with Crippen molar-refractivity contribution in [2.45, 2.75) is 17.8 Å². The number of amides is 2. The first-order valence-corrected chi connectivity index (χ1v) is 9.76. The van der Waals surface area contributed by atoms with Gasteiger partial charge in [-0.15, -0.1) is 10.2 Å². The molecule has 0 atom stereocenters. The molecule has 3 aromatic rings. The first-order valence-electron chi connectivity index (χ1n) is 8.78. The van der Waals surface area contributed by atoms with E-state index in [1.54, 1.807) is 60.7 Å². The molecule has 8 nitrogen and oxygen atoms in total. The second-order valence-corrected chi connectivity index (χ2v) is 7.15. The van der Waals surface area contributed by atoms with Crippen LogP contribution in [0.15, 0.2) is 65.1 Å². The molecule has 2 amide bonds. The molecule has 0 radical (unpaired) electrons. The number of hydrogen-bond donors (Lipinski definition) is 2. The molecule has 0 fully saturated rings. The highest BCUT2D eigenvalue weighted by atomic mass is 32.2. The number of anilines is 1. The van der Waals surface area contributed by atoms with Crippen LogP contribution in [0, 0.1) is 0 Å². The number of carbonyl (C=O) groups excluding carboxylic acids is 2. The number of nitrogens with zero attached hydrogens (tertiary/aromatic N) is 4. The van der Waals surface area contributed by atoms with Crippen LogP contribution in [-0.4, -0.2) is 32.8 Å². The quantitative estimate of drug-likeness (QED) is 0.356. The van der Waals surface area contributed by atoms with Crippen LogP contribution in [0.2, 0.25) is 0 Å². The zero-order valence-electron chi connectivity index (χ0n) is 16.0. The zero-order valence-corrected chi connectivity index (χ0v) is 16.8. The summed E-state index contributed by atoms with van der Waals surface area (Å²) in [5.41, 5.74) is 5.62. The molecule has 0 aliphatic carbocycles. The molecule has 1 aromatic heterocycles. The van der Waals surface area contributed by atoms with Crippen LogP contribution in [0.25, 0.3) is 0 Å². The molecule has 1 heterocycles. The SMILES string of the molecule is CC(=O)Nc1ccc(/C=N/NC(=O)c2ccc(CSc3nncn3C)cc2)cc1. The molecule has 2 aromatic carbocycles. The lowest BCUT2D eigenvalue weighted by Crippen LogP contribution is -2.17. The van der Waals surface area contributed by atoms with Gasteiger partial charge in [-0.3, -0.25) is 9.59 Å². The van der Waals surface area contributed by atoms with E-state index in [0.29, 0.717) is 11.3 Å². The van der Waals surface area contributed by atoms with Crippen LogP contribution < -0.4 is 10.7 Å². The maximum atomic E-state index is 12.2. The number of hydrazone groups is 1. The Morgan fingerprint density at radius 3 is 2.48 bits per heavy atom. The Bertz CT molecular complexity index is 1010. The minimum Gasteiger partial charge on any atom is -0.326 e. The number of benzene rings is 2. The summed E-state index contributed by atoms with van der Waals surface area (Å²) < 4.78 is 1.86. The predicted octanol–water partition coefficient (Wildman–Crippen LogP) is 2.83. The monoisotopic (exact) mass is 408 g/mol. The largest absolute Gasteiger partial charge is 0.326 e. The lowest BCUT2D eigenvalue weighted by Gasteiger charge is -2.04. The van der Waals surface area contributed by atoms with Gasteiger partial charge in [-0.05, 0) is 35.4 Å². The summed E-state index contributed by atoms with van der Waals surface area (Å²) in [7, 11) is 1.90. The number of aromatic nitrogens is 3. The van der Waals surface area contributed by atoms with E-state index in [-0.39, 0.29) is 11.8 Å². The molecule has 0 aliphatic rings.